The fourth-order valence-electron chi connectivity index (χ4n) is 2.31. The van der Waals surface area contributed by atoms with Gasteiger partial charge < -0.3 is 9.84 Å². The maximum Gasteiger partial charge on any atom is 0.323 e. The summed E-state index contributed by atoms with van der Waals surface area (Å²) in [5, 5.41) is 10.4. The lowest BCUT2D eigenvalue weighted by atomic mass is 10.0. The van der Waals surface area contributed by atoms with Gasteiger partial charge in [-0.15, -0.1) is 0 Å². The molecule has 1 fully saturated rings. The summed E-state index contributed by atoms with van der Waals surface area (Å²) in [7, 11) is 0. The van der Waals surface area contributed by atoms with Gasteiger partial charge in [0.2, 0.25) is 0 Å². The first-order chi connectivity index (χ1) is 9.00. The Balaban J connectivity index is 2.25. The number of hydrogen-bond acceptors (Lipinski definition) is 3. The van der Waals surface area contributed by atoms with Gasteiger partial charge in [0.25, 0.3) is 0 Å². The number of carboxylic acids is 1. The number of halogens is 2. The van der Waals surface area contributed by atoms with Crippen molar-refractivity contribution in [2.45, 2.75) is 19.0 Å². The summed E-state index contributed by atoms with van der Waals surface area (Å²) in [4.78, 5) is 13.2. The van der Waals surface area contributed by atoms with Crippen molar-refractivity contribution in [1.82, 2.24) is 4.90 Å². The van der Waals surface area contributed by atoms with E-state index in [2.05, 4.69) is 0 Å². The van der Waals surface area contributed by atoms with Gasteiger partial charge in [-0.05, 0) is 24.6 Å². The Hall–Kier alpha value is -0.810. The van der Waals surface area contributed by atoms with Gasteiger partial charge in [0.15, 0.2) is 0 Å². The molecule has 2 unspecified atom stereocenters. The van der Waals surface area contributed by atoms with Crippen molar-refractivity contribution >= 4 is 29.2 Å². The van der Waals surface area contributed by atoms with Crippen molar-refractivity contribution in [1.29, 1.82) is 0 Å². The Kier molecular flexibility index (Phi) is 4.68. The number of rotatable bonds is 3. The fraction of sp³-hybridized carbons (Fsp3) is 0.462. The van der Waals surface area contributed by atoms with E-state index in [-0.39, 0.29) is 12.6 Å². The summed E-state index contributed by atoms with van der Waals surface area (Å²) in [6.07, 6.45) is 0. The van der Waals surface area contributed by atoms with Crippen LogP contribution in [0.5, 0.6) is 0 Å². The predicted octanol–water partition coefficient (Wildman–Crippen LogP) is 2.84. The van der Waals surface area contributed by atoms with Crippen LogP contribution >= 0.6 is 23.2 Å². The summed E-state index contributed by atoms with van der Waals surface area (Å²) in [5.74, 6) is -0.878. The first-order valence-electron chi connectivity index (χ1n) is 6.02. The molecule has 1 aromatic rings. The van der Waals surface area contributed by atoms with E-state index in [0.29, 0.717) is 23.2 Å². The number of carbonyl (C=O) groups is 1. The van der Waals surface area contributed by atoms with E-state index >= 15 is 0 Å². The molecule has 1 aromatic carbocycles. The zero-order valence-corrected chi connectivity index (χ0v) is 12.0. The van der Waals surface area contributed by atoms with Crippen LogP contribution in [0.3, 0.4) is 0 Å². The summed E-state index contributed by atoms with van der Waals surface area (Å²) in [6.45, 7) is 3.23. The number of benzene rings is 1. The molecule has 0 aromatic heterocycles. The van der Waals surface area contributed by atoms with Crippen LogP contribution in [0.2, 0.25) is 10.0 Å². The molecule has 1 heterocycles. The molecule has 2 rings (SSSR count). The molecule has 2 atom stereocenters. The van der Waals surface area contributed by atoms with Crippen LogP contribution in [0.4, 0.5) is 0 Å². The predicted molar refractivity (Wildman–Crippen MR) is 73.8 cm³/mol. The molecule has 1 N–H and O–H groups in total. The first kappa shape index (κ1) is 14.6. The van der Waals surface area contributed by atoms with E-state index < -0.39 is 12.0 Å². The van der Waals surface area contributed by atoms with Crippen molar-refractivity contribution < 1.29 is 14.6 Å². The zero-order valence-electron chi connectivity index (χ0n) is 10.5. The van der Waals surface area contributed by atoms with Gasteiger partial charge in [-0.3, -0.25) is 9.69 Å². The smallest absolute Gasteiger partial charge is 0.323 e. The molecular weight excluding hydrogens is 289 g/mol. The van der Waals surface area contributed by atoms with E-state index in [1.165, 1.54) is 0 Å². The average molecular weight is 304 g/mol. The van der Waals surface area contributed by atoms with Crippen LogP contribution in [0.25, 0.3) is 0 Å². The molecule has 0 saturated carbocycles. The minimum atomic E-state index is -0.878. The Labute approximate surface area is 121 Å². The molecule has 19 heavy (non-hydrogen) atoms. The molecule has 6 heteroatoms. The highest BCUT2D eigenvalue weighted by Gasteiger charge is 2.33. The van der Waals surface area contributed by atoms with Crippen LogP contribution in [0.1, 0.15) is 18.5 Å². The van der Waals surface area contributed by atoms with Gasteiger partial charge in [0.05, 0.1) is 13.2 Å². The molecule has 0 bridgehead atoms. The number of morpholine rings is 1. The highest BCUT2D eigenvalue weighted by atomic mass is 35.5. The second kappa shape index (κ2) is 6.09. The molecule has 0 aliphatic carbocycles. The van der Waals surface area contributed by atoms with E-state index in [9.17, 15) is 9.90 Å². The van der Waals surface area contributed by atoms with E-state index in [4.69, 9.17) is 27.9 Å². The minimum Gasteiger partial charge on any atom is -0.480 e. The standard InChI is InChI=1S/C13H15Cl2NO3/c1-8(10-3-2-9(14)6-11(10)15)16-4-5-19-7-12(16)13(17)18/h2-3,6,8,12H,4-5,7H2,1H3,(H,17,18). The zero-order chi connectivity index (χ0) is 14.0. The van der Waals surface area contributed by atoms with Crippen LogP contribution in [0, 0.1) is 0 Å². The third-order valence-electron chi connectivity index (χ3n) is 3.36. The SMILES string of the molecule is CC(c1ccc(Cl)cc1Cl)N1CCOCC1C(=O)O. The third-order valence-corrected chi connectivity index (χ3v) is 3.93. The Bertz CT molecular complexity index is 481. The number of ether oxygens (including phenoxy) is 1. The van der Waals surface area contributed by atoms with Gasteiger partial charge in [0, 0.05) is 22.6 Å². The van der Waals surface area contributed by atoms with Crippen molar-refractivity contribution in [2.24, 2.45) is 0 Å². The van der Waals surface area contributed by atoms with Crippen molar-refractivity contribution in [3.63, 3.8) is 0 Å². The summed E-state index contributed by atoms with van der Waals surface area (Å²) < 4.78 is 5.23. The van der Waals surface area contributed by atoms with Crippen molar-refractivity contribution in [2.75, 3.05) is 19.8 Å². The molecule has 1 saturated heterocycles. The van der Waals surface area contributed by atoms with E-state index in [0.717, 1.165) is 5.56 Å². The van der Waals surface area contributed by atoms with Gasteiger partial charge in [-0.25, -0.2) is 0 Å². The second-order valence-electron chi connectivity index (χ2n) is 4.51. The largest absolute Gasteiger partial charge is 0.480 e. The quantitative estimate of drug-likeness (QED) is 0.933. The molecule has 1 aliphatic rings. The maximum absolute atomic E-state index is 11.3. The number of nitrogens with zero attached hydrogens (tertiary/aromatic N) is 1. The average Bonchev–Trinajstić information content (AvgIpc) is 2.38. The highest BCUT2D eigenvalue weighted by molar-refractivity contribution is 6.35. The van der Waals surface area contributed by atoms with Crippen molar-refractivity contribution in [3.05, 3.63) is 33.8 Å². The molecular formula is C13H15Cl2NO3. The summed E-state index contributed by atoms with van der Waals surface area (Å²) >= 11 is 12.1. The topological polar surface area (TPSA) is 49.8 Å². The lowest BCUT2D eigenvalue weighted by molar-refractivity contribution is -0.151. The molecule has 0 radical (unpaired) electrons. The molecule has 104 valence electrons. The van der Waals surface area contributed by atoms with Crippen LogP contribution in [-0.4, -0.2) is 41.8 Å². The van der Waals surface area contributed by atoms with Crippen LogP contribution < -0.4 is 0 Å². The highest BCUT2D eigenvalue weighted by Crippen LogP contribution is 2.31. The first-order valence-corrected chi connectivity index (χ1v) is 6.77. The van der Waals surface area contributed by atoms with Gasteiger partial charge in [-0.1, -0.05) is 29.3 Å². The van der Waals surface area contributed by atoms with E-state index in [1.807, 2.05) is 17.9 Å². The molecule has 0 spiro atoms. The summed E-state index contributed by atoms with van der Waals surface area (Å²) in [5.41, 5.74) is 0.874. The number of aliphatic carboxylic acids is 1. The number of hydrogen-bond donors (Lipinski definition) is 1. The fourth-order valence-corrected chi connectivity index (χ4v) is 2.88. The lowest BCUT2D eigenvalue weighted by Crippen LogP contribution is -2.50. The second-order valence-corrected chi connectivity index (χ2v) is 5.35. The van der Waals surface area contributed by atoms with Crippen LogP contribution in [-0.2, 0) is 9.53 Å². The lowest BCUT2D eigenvalue weighted by Gasteiger charge is -2.37. The van der Waals surface area contributed by atoms with Gasteiger partial charge in [-0.2, -0.15) is 0 Å². The number of carboxylic acid groups (broad SMARTS) is 1. The van der Waals surface area contributed by atoms with Crippen LogP contribution in [0.15, 0.2) is 18.2 Å². The Morgan fingerprint density at radius 3 is 2.89 bits per heavy atom. The van der Waals surface area contributed by atoms with Gasteiger partial charge in [0.1, 0.15) is 6.04 Å². The normalized spacial score (nSPS) is 22.2. The molecule has 4 nitrogen and oxygen atoms in total. The van der Waals surface area contributed by atoms with Gasteiger partial charge >= 0.3 is 5.97 Å². The third kappa shape index (κ3) is 3.20. The Morgan fingerprint density at radius 2 is 2.26 bits per heavy atom. The maximum atomic E-state index is 11.3. The molecule has 0 amide bonds. The Morgan fingerprint density at radius 1 is 1.53 bits per heavy atom. The monoisotopic (exact) mass is 303 g/mol. The van der Waals surface area contributed by atoms with E-state index in [1.54, 1.807) is 12.1 Å². The molecule has 1 aliphatic heterocycles. The summed E-state index contributed by atoms with van der Waals surface area (Å²) in [6, 6.07) is 4.52. The van der Waals surface area contributed by atoms with Crippen molar-refractivity contribution in [3.8, 4) is 0 Å². The minimum absolute atomic E-state index is 0.102.